The van der Waals surface area contributed by atoms with Crippen LogP contribution in [0.4, 0.5) is 0 Å². The molecule has 0 amide bonds. The molecular weight excluding hydrogens is 272 g/mol. The Bertz CT molecular complexity index is 573. The number of aromatic nitrogens is 2. The number of carbonyl (C=O) groups is 1. The van der Waals surface area contributed by atoms with Gasteiger partial charge in [0.1, 0.15) is 5.78 Å². The van der Waals surface area contributed by atoms with Crippen molar-refractivity contribution >= 4 is 17.5 Å². The molecule has 20 heavy (non-hydrogen) atoms. The van der Waals surface area contributed by atoms with Crippen molar-refractivity contribution in [1.82, 2.24) is 10.2 Å². The maximum absolute atomic E-state index is 11.8. The Morgan fingerprint density at radius 2 is 1.90 bits per heavy atom. The van der Waals surface area contributed by atoms with E-state index in [9.17, 15) is 4.79 Å². The van der Waals surface area contributed by atoms with Gasteiger partial charge in [-0.1, -0.05) is 62.9 Å². The van der Waals surface area contributed by atoms with E-state index in [-0.39, 0.29) is 11.2 Å². The molecule has 2 aromatic rings. The quantitative estimate of drug-likeness (QED) is 0.790. The van der Waals surface area contributed by atoms with Gasteiger partial charge < -0.3 is 4.42 Å². The predicted molar refractivity (Wildman–Crippen MR) is 78.7 cm³/mol. The van der Waals surface area contributed by atoms with Gasteiger partial charge in [-0.25, -0.2) is 0 Å². The fourth-order valence-electron chi connectivity index (χ4n) is 1.48. The summed E-state index contributed by atoms with van der Waals surface area (Å²) in [4.78, 5) is 11.8. The standard InChI is InChI=1S/C15H18N2O2S/c1-15(2,3)12(18)10-20-14-17-16-13(19-14)9-11-7-5-4-6-8-11/h4-8H,9-10H2,1-3H3. The Balaban J connectivity index is 1.91. The summed E-state index contributed by atoms with van der Waals surface area (Å²) in [6.45, 7) is 5.72. The van der Waals surface area contributed by atoms with Gasteiger partial charge in [0.2, 0.25) is 5.89 Å². The molecule has 0 unspecified atom stereocenters. The molecule has 0 N–H and O–H groups in total. The molecule has 0 aliphatic carbocycles. The lowest BCUT2D eigenvalue weighted by molar-refractivity contribution is -0.123. The molecule has 0 saturated heterocycles. The number of carbonyl (C=O) groups excluding carboxylic acids is 1. The van der Waals surface area contributed by atoms with E-state index >= 15 is 0 Å². The average Bonchev–Trinajstić information content (AvgIpc) is 2.83. The summed E-state index contributed by atoms with van der Waals surface area (Å²) in [5.74, 6) is 1.10. The summed E-state index contributed by atoms with van der Waals surface area (Å²) < 4.78 is 5.54. The first kappa shape index (κ1) is 14.8. The number of benzene rings is 1. The lowest BCUT2D eigenvalue weighted by Crippen LogP contribution is -2.21. The van der Waals surface area contributed by atoms with Crippen LogP contribution in [0.15, 0.2) is 40.0 Å². The maximum Gasteiger partial charge on any atom is 0.277 e. The summed E-state index contributed by atoms with van der Waals surface area (Å²) in [5, 5.41) is 8.42. The number of nitrogens with zero attached hydrogens (tertiary/aromatic N) is 2. The van der Waals surface area contributed by atoms with E-state index < -0.39 is 0 Å². The van der Waals surface area contributed by atoms with Crippen LogP contribution in [0.2, 0.25) is 0 Å². The number of hydrogen-bond acceptors (Lipinski definition) is 5. The summed E-state index contributed by atoms with van der Waals surface area (Å²) in [7, 11) is 0. The molecule has 1 aromatic heterocycles. The summed E-state index contributed by atoms with van der Waals surface area (Å²) in [6, 6.07) is 9.95. The zero-order valence-corrected chi connectivity index (χ0v) is 12.7. The van der Waals surface area contributed by atoms with Gasteiger partial charge in [0.15, 0.2) is 0 Å². The van der Waals surface area contributed by atoms with Crippen LogP contribution in [0.1, 0.15) is 32.2 Å². The van der Waals surface area contributed by atoms with Crippen LogP contribution in [0.3, 0.4) is 0 Å². The Morgan fingerprint density at radius 3 is 2.55 bits per heavy atom. The van der Waals surface area contributed by atoms with Crippen molar-refractivity contribution in [2.75, 3.05) is 5.75 Å². The summed E-state index contributed by atoms with van der Waals surface area (Å²) >= 11 is 1.30. The monoisotopic (exact) mass is 290 g/mol. The molecular formula is C15H18N2O2S. The van der Waals surface area contributed by atoms with Gasteiger partial charge in [-0.3, -0.25) is 4.79 Å². The lowest BCUT2D eigenvalue weighted by atomic mass is 9.92. The fourth-order valence-corrected chi connectivity index (χ4v) is 2.42. The molecule has 0 fully saturated rings. The molecule has 106 valence electrons. The van der Waals surface area contributed by atoms with Crippen LogP contribution < -0.4 is 0 Å². The maximum atomic E-state index is 11.8. The van der Waals surface area contributed by atoms with E-state index in [0.29, 0.717) is 23.3 Å². The third kappa shape index (κ3) is 4.20. The SMILES string of the molecule is CC(C)(C)C(=O)CSc1nnc(Cc2ccccc2)o1. The minimum Gasteiger partial charge on any atom is -0.416 e. The average molecular weight is 290 g/mol. The molecule has 5 heteroatoms. The van der Waals surface area contributed by atoms with Crippen LogP contribution in [-0.4, -0.2) is 21.7 Å². The molecule has 4 nitrogen and oxygen atoms in total. The molecule has 2 rings (SSSR count). The Kier molecular flexibility index (Phi) is 4.60. The van der Waals surface area contributed by atoms with Gasteiger partial charge in [0.25, 0.3) is 5.22 Å². The zero-order valence-electron chi connectivity index (χ0n) is 11.9. The molecule has 1 aromatic carbocycles. The fraction of sp³-hybridized carbons (Fsp3) is 0.400. The van der Waals surface area contributed by atoms with Crippen LogP contribution in [0.5, 0.6) is 0 Å². The first-order valence-electron chi connectivity index (χ1n) is 6.47. The number of thioether (sulfide) groups is 1. The second-order valence-corrected chi connectivity index (χ2v) is 6.51. The highest BCUT2D eigenvalue weighted by molar-refractivity contribution is 7.99. The van der Waals surface area contributed by atoms with Crippen LogP contribution in [-0.2, 0) is 11.2 Å². The highest BCUT2D eigenvalue weighted by Crippen LogP contribution is 2.22. The van der Waals surface area contributed by atoms with Gasteiger partial charge in [0.05, 0.1) is 12.2 Å². The second kappa shape index (κ2) is 6.22. The van der Waals surface area contributed by atoms with Gasteiger partial charge in [-0.05, 0) is 5.56 Å². The van der Waals surface area contributed by atoms with E-state index in [1.807, 2.05) is 51.1 Å². The Hall–Kier alpha value is -1.62. The van der Waals surface area contributed by atoms with Crippen LogP contribution >= 0.6 is 11.8 Å². The van der Waals surface area contributed by atoms with Gasteiger partial charge in [-0.2, -0.15) is 0 Å². The van der Waals surface area contributed by atoms with Gasteiger partial charge >= 0.3 is 0 Å². The zero-order chi connectivity index (χ0) is 14.6. The van der Waals surface area contributed by atoms with Crippen molar-refractivity contribution in [3.63, 3.8) is 0 Å². The van der Waals surface area contributed by atoms with E-state index in [1.165, 1.54) is 11.8 Å². The number of hydrogen-bond donors (Lipinski definition) is 0. The van der Waals surface area contributed by atoms with Crippen molar-refractivity contribution in [2.45, 2.75) is 32.4 Å². The first-order chi connectivity index (χ1) is 9.45. The smallest absolute Gasteiger partial charge is 0.277 e. The molecule has 0 aliphatic heterocycles. The lowest BCUT2D eigenvalue weighted by Gasteiger charge is -2.14. The van der Waals surface area contributed by atoms with Crippen LogP contribution in [0.25, 0.3) is 0 Å². The van der Waals surface area contributed by atoms with Crippen molar-refractivity contribution in [3.8, 4) is 0 Å². The second-order valence-electron chi connectivity index (χ2n) is 5.59. The van der Waals surface area contributed by atoms with Crippen molar-refractivity contribution in [3.05, 3.63) is 41.8 Å². The molecule has 0 spiro atoms. The number of ketones is 1. The molecule has 1 heterocycles. The third-order valence-electron chi connectivity index (χ3n) is 2.81. The van der Waals surface area contributed by atoms with Crippen molar-refractivity contribution in [1.29, 1.82) is 0 Å². The van der Waals surface area contributed by atoms with Gasteiger partial charge in [0, 0.05) is 5.41 Å². The minimum atomic E-state index is -0.333. The third-order valence-corrected chi connectivity index (χ3v) is 3.63. The number of Topliss-reactive ketones (excluding diaryl/α,β-unsaturated/α-hetero) is 1. The molecule has 0 radical (unpaired) electrons. The largest absolute Gasteiger partial charge is 0.416 e. The normalized spacial score (nSPS) is 11.6. The van der Waals surface area contributed by atoms with Crippen molar-refractivity contribution < 1.29 is 9.21 Å². The Morgan fingerprint density at radius 1 is 1.20 bits per heavy atom. The van der Waals surface area contributed by atoms with Crippen molar-refractivity contribution in [2.24, 2.45) is 5.41 Å². The Labute approximate surface area is 123 Å². The molecule has 0 bridgehead atoms. The van der Waals surface area contributed by atoms with E-state index in [4.69, 9.17) is 4.42 Å². The first-order valence-corrected chi connectivity index (χ1v) is 7.46. The van der Waals surface area contributed by atoms with E-state index in [0.717, 1.165) is 5.56 Å². The van der Waals surface area contributed by atoms with E-state index in [1.54, 1.807) is 0 Å². The summed E-state index contributed by atoms with van der Waals surface area (Å²) in [6.07, 6.45) is 0.613. The molecule has 0 atom stereocenters. The van der Waals surface area contributed by atoms with Gasteiger partial charge in [-0.15, -0.1) is 10.2 Å². The highest BCUT2D eigenvalue weighted by Gasteiger charge is 2.22. The molecule has 0 saturated carbocycles. The number of rotatable bonds is 5. The van der Waals surface area contributed by atoms with Crippen LogP contribution in [0, 0.1) is 5.41 Å². The van der Waals surface area contributed by atoms with E-state index in [2.05, 4.69) is 10.2 Å². The summed E-state index contributed by atoms with van der Waals surface area (Å²) in [5.41, 5.74) is 0.790. The minimum absolute atomic E-state index is 0.172. The highest BCUT2D eigenvalue weighted by atomic mass is 32.2. The molecule has 0 aliphatic rings. The predicted octanol–water partition coefficient (Wildman–Crippen LogP) is 3.37. The topological polar surface area (TPSA) is 56.0 Å².